The number of nitrogens with one attached hydrogen (secondary N) is 1. The number of rotatable bonds is 8. The van der Waals surface area contributed by atoms with Crippen molar-refractivity contribution >= 4 is 28.5 Å². The summed E-state index contributed by atoms with van der Waals surface area (Å²) in [6, 6.07) is 18.8. The highest BCUT2D eigenvalue weighted by Gasteiger charge is 2.35. The van der Waals surface area contributed by atoms with Gasteiger partial charge >= 0.3 is 0 Å². The van der Waals surface area contributed by atoms with Crippen molar-refractivity contribution < 1.29 is 18.7 Å². The average Bonchev–Trinajstić information content (AvgIpc) is 3.25. The van der Waals surface area contributed by atoms with Gasteiger partial charge in [-0.3, -0.25) is 14.5 Å². The lowest BCUT2D eigenvalue weighted by atomic mass is 10.0. The Morgan fingerprint density at radius 1 is 1.03 bits per heavy atom. The van der Waals surface area contributed by atoms with Gasteiger partial charge in [-0.25, -0.2) is 9.07 Å². The third kappa shape index (κ3) is 6.11. The van der Waals surface area contributed by atoms with Gasteiger partial charge in [0.1, 0.15) is 29.7 Å². The van der Waals surface area contributed by atoms with Crippen LogP contribution in [0.25, 0.3) is 11.0 Å². The molecule has 4 rings (SSSR count). The molecular formula is C28H30FN5O3. The molecule has 0 saturated carbocycles. The monoisotopic (exact) mass is 503 g/mol. The number of aromatic nitrogens is 3. The smallest absolute Gasteiger partial charge is 0.249 e. The van der Waals surface area contributed by atoms with E-state index < -0.39 is 23.3 Å². The van der Waals surface area contributed by atoms with Crippen molar-refractivity contribution in [2.45, 2.75) is 45.8 Å². The number of fused-ring (bicyclic) bond motifs is 1. The second kappa shape index (κ2) is 10.8. The predicted octanol–water partition coefficient (Wildman–Crippen LogP) is 4.66. The van der Waals surface area contributed by atoms with Gasteiger partial charge in [0.2, 0.25) is 11.8 Å². The molecule has 0 radical (unpaired) electrons. The van der Waals surface area contributed by atoms with Crippen LogP contribution in [0.5, 0.6) is 5.75 Å². The number of hydrogen-bond donors (Lipinski definition) is 1. The molecule has 192 valence electrons. The number of benzene rings is 3. The first-order valence-corrected chi connectivity index (χ1v) is 12.1. The number of halogens is 1. The van der Waals surface area contributed by atoms with Gasteiger partial charge in [0, 0.05) is 11.2 Å². The summed E-state index contributed by atoms with van der Waals surface area (Å²) in [6.07, 6.45) is 0. The maximum Gasteiger partial charge on any atom is 0.249 e. The van der Waals surface area contributed by atoms with Crippen LogP contribution >= 0.6 is 0 Å². The fourth-order valence-corrected chi connectivity index (χ4v) is 4.05. The van der Waals surface area contributed by atoms with E-state index >= 15 is 0 Å². The minimum atomic E-state index is -1.04. The van der Waals surface area contributed by atoms with Crippen molar-refractivity contribution in [1.29, 1.82) is 0 Å². The van der Waals surface area contributed by atoms with Crippen LogP contribution in [0.15, 0.2) is 72.8 Å². The van der Waals surface area contributed by atoms with Crippen LogP contribution in [-0.4, -0.2) is 39.0 Å². The maximum atomic E-state index is 13.9. The van der Waals surface area contributed by atoms with Gasteiger partial charge < -0.3 is 10.1 Å². The molecule has 0 unspecified atom stereocenters. The van der Waals surface area contributed by atoms with Crippen molar-refractivity contribution in [2.24, 2.45) is 0 Å². The quantitative estimate of drug-likeness (QED) is 0.378. The fourth-order valence-electron chi connectivity index (χ4n) is 4.05. The Bertz CT molecular complexity index is 1380. The molecule has 1 atom stereocenters. The highest BCUT2D eigenvalue weighted by atomic mass is 19.1. The number of carbonyl (C=O) groups is 2. The maximum absolute atomic E-state index is 13.9. The van der Waals surface area contributed by atoms with E-state index in [0.717, 1.165) is 0 Å². The molecule has 0 spiro atoms. The minimum Gasteiger partial charge on any atom is -0.494 e. The normalized spacial score (nSPS) is 12.2. The standard InChI is InChI=1S/C28H30FN5O3/c1-5-37-22-16-10-19(11-17-22)26(27(36)30-28(2,3)4)34(21-14-12-20(29)13-15-21)25(35)18-33-24-9-7-6-8-23(24)31-32-33/h6-17,26H,5,18H2,1-4H3,(H,30,36)/t26-/m1/s1. The van der Waals surface area contributed by atoms with Crippen LogP contribution in [-0.2, 0) is 16.1 Å². The lowest BCUT2D eigenvalue weighted by Crippen LogP contribution is -2.50. The van der Waals surface area contributed by atoms with Gasteiger partial charge in [0.25, 0.3) is 0 Å². The Kier molecular flexibility index (Phi) is 7.52. The van der Waals surface area contributed by atoms with Gasteiger partial charge in [-0.15, -0.1) is 5.10 Å². The fraction of sp³-hybridized carbons (Fsp3) is 0.286. The number of carbonyl (C=O) groups excluding carboxylic acids is 2. The zero-order chi connectivity index (χ0) is 26.6. The van der Waals surface area contributed by atoms with E-state index in [1.807, 2.05) is 45.9 Å². The third-order valence-corrected chi connectivity index (χ3v) is 5.59. The molecule has 0 aliphatic heterocycles. The van der Waals surface area contributed by atoms with Gasteiger partial charge in [-0.05, 0) is 81.8 Å². The van der Waals surface area contributed by atoms with Crippen LogP contribution < -0.4 is 15.0 Å². The summed E-state index contributed by atoms with van der Waals surface area (Å²) in [5, 5.41) is 11.3. The van der Waals surface area contributed by atoms with Crippen LogP contribution in [0.1, 0.15) is 39.3 Å². The number of ether oxygens (including phenoxy) is 1. The first-order valence-electron chi connectivity index (χ1n) is 12.1. The van der Waals surface area contributed by atoms with Gasteiger partial charge in [-0.1, -0.05) is 29.5 Å². The lowest BCUT2D eigenvalue weighted by molar-refractivity contribution is -0.128. The number of hydrogen-bond acceptors (Lipinski definition) is 5. The number of amides is 2. The molecule has 0 fully saturated rings. The molecule has 0 aliphatic carbocycles. The second-order valence-corrected chi connectivity index (χ2v) is 9.62. The molecule has 0 bridgehead atoms. The lowest BCUT2D eigenvalue weighted by Gasteiger charge is -2.34. The Hall–Kier alpha value is -4.27. The molecule has 1 aromatic heterocycles. The van der Waals surface area contributed by atoms with Crippen molar-refractivity contribution in [3.8, 4) is 5.75 Å². The minimum absolute atomic E-state index is 0.172. The molecule has 8 nitrogen and oxygen atoms in total. The molecule has 2 amide bonds. The number of para-hydroxylation sites is 1. The molecule has 0 saturated heterocycles. The average molecular weight is 504 g/mol. The zero-order valence-corrected chi connectivity index (χ0v) is 21.3. The van der Waals surface area contributed by atoms with E-state index in [4.69, 9.17) is 4.74 Å². The van der Waals surface area contributed by atoms with E-state index in [1.165, 1.54) is 33.8 Å². The molecule has 9 heteroatoms. The summed E-state index contributed by atoms with van der Waals surface area (Å²) >= 11 is 0. The summed E-state index contributed by atoms with van der Waals surface area (Å²) in [4.78, 5) is 29.0. The zero-order valence-electron chi connectivity index (χ0n) is 21.3. The van der Waals surface area contributed by atoms with E-state index in [1.54, 1.807) is 30.3 Å². The van der Waals surface area contributed by atoms with Crippen LogP contribution in [0.3, 0.4) is 0 Å². The Labute approximate surface area is 215 Å². The van der Waals surface area contributed by atoms with E-state index in [-0.39, 0.29) is 12.5 Å². The van der Waals surface area contributed by atoms with E-state index in [0.29, 0.717) is 34.6 Å². The van der Waals surface area contributed by atoms with E-state index in [2.05, 4.69) is 15.6 Å². The van der Waals surface area contributed by atoms with Crippen LogP contribution in [0.2, 0.25) is 0 Å². The first-order chi connectivity index (χ1) is 17.7. The summed E-state index contributed by atoms with van der Waals surface area (Å²) in [7, 11) is 0. The van der Waals surface area contributed by atoms with Gasteiger partial charge in [0.15, 0.2) is 0 Å². The number of anilines is 1. The Morgan fingerprint density at radius 2 is 1.70 bits per heavy atom. The summed E-state index contributed by atoms with van der Waals surface area (Å²) in [5.74, 6) is -0.590. The third-order valence-electron chi connectivity index (χ3n) is 5.59. The highest BCUT2D eigenvalue weighted by molar-refractivity contribution is 6.01. The largest absolute Gasteiger partial charge is 0.494 e. The predicted molar refractivity (Wildman–Crippen MR) is 140 cm³/mol. The van der Waals surface area contributed by atoms with Crippen LogP contribution in [0, 0.1) is 5.82 Å². The number of nitrogens with zero attached hydrogens (tertiary/aromatic N) is 4. The van der Waals surface area contributed by atoms with Gasteiger partial charge in [-0.2, -0.15) is 0 Å². The van der Waals surface area contributed by atoms with E-state index in [9.17, 15) is 14.0 Å². The molecule has 1 N–H and O–H groups in total. The van der Waals surface area contributed by atoms with Crippen molar-refractivity contribution in [1.82, 2.24) is 20.3 Å². The molecule has 1 heterocycles. The molecular weight excluding hydrogens is 473 g/mol. The molecule has 3 aromatic carbocycles. The topological polar surface area (TPSA) is 89.4 Å². The first kappa shape index (κ1) is 25.8. The molecule has 0 aliphatic rings. The highest BCUT2D eigenvalue weighted by Crippen LogP contribution is 2.30. The van der Waals surface area contributed by atoms with Crippen molar-refractivity contribution in [3.63, 3.8) is 0 Å². The molecule has 4 aromatic rings. The van der Waals surface area contributed by atoms with Crippen LogP contribution in [0.4, 0.5) is 10.1 Å². The Morgan fingerprint density at radius 3 is 2.35 bits per heavy atom. The summed E-state index contributed by atoms with van der Waals surface area (Å²) < 4.78 is 20.9. The summed E-state index contributed by atoms with van der Waals surface area (Å²) in [5.41, 5.74) is 1.73. The van der Waals surface area contributed by atoms with Crippen molar-refractivity contribution in [3.05, 3.63) is 84.2 Å². The Balaban J connectivity index is 1.80. The second-order valence-electron chi connectivity index (χ2n) is 9.62. The van der Waals surface area contributed by atoms with Crippen molar-refractivity contribution in [2.75, 3.05) is 11.5 Å². The summed E-state index contributed by atoms with van der Waals surface area (Å²) in [6.45, 7) is 7.81. The SMILES string of the molecule is CCOc1ccc([C@H](C(=O)NC(C)(C)C)N(C(=O)Cn2nnc3ccccc32)c2ccc(F)cc2)cc1. The molecule has 37 heavy (non-hydrogen) atoms. The van der Waals surface area contributed by atoms with Gasteiger partial charge in [0.05, 0.1) is 12.1 Å².